The third-order valence-corrected chi connectivity index (χ3v) is 5.55. The van der Waals surface area contributed by atoms with Gasteiger partial charge in [0.15, 0.2) is 11.5 Å². The second kappa shape index (κ2) is 11.0. The molecule has 0 aliphatic carbocycles. The van der Waals surface area contributed by atoms with Gasteiger partial charge in [-0.3, -0.25) is 4.79 Å². The minimum atomic E-state index is -0.517. The number of nitrogens with zero attached hydrogens (tertiary/aromatic N) is 1. The molecule has 0 bridgehead atoms. The number of fused-ring (bicyclic) bond motifs is 1. The second-order valence-electron chi connectivity index (χ2n) is 7.99. The molecule has 0 saturated heterocycles. The van der Waals surface area contributed by atoms with Crippen molar-refractivity contribution in [2.45, 2.75) is 13.8 Å². The van der Waals surface area contributed by atoms with E-state index in [1.165, 1.54) is 6.08 Å². The van der Waals surface area contributed by atoms with Gasteiger partial charge < -0.3 is 14.8 Å². The van der Waals surface area contributed by atoms with Crippen molar-refractivity contribution in [3.05, 3.63) is 107 Å². The van der Waals surface area contributed by atoms with E-state index in [4.69, 9.17) is 9.47 Å². The number of carbonyl (C=O) groups is 2. The van der Waals surface area contributed by atoms with Crippen molar-refractivity contribution in [2.75, 3.05) is 11.9 Å². The SMILES string of the molecule is CCOc1cc(/C=C(\C#N)C(=O)Nc2ccccc2C)ccc1OC(=O)c1cccc2ccccc12. The number of amides is 1. The smallest absolute Gasteiger partial charge is 0.344 e. The highest BCUT2D eigenvalue weighted by Crippen LogP contribution is 2.31. The van der Waals surface area contributed by atoms with Crippen LogP contribution in [0.25, 0.3) is 16.8 Å². The molecule has 36 heavy (non-hydrogen) atoms. The number of para-hydroxylation sites is 1. The molecule has 4 rings (SSSR count). The molecule has 0 heterocycles. The van der Waals surface area contributed by atoms with E-state index in [-0.39, 0.29) is 11.3 Å². The van der Waals surface area contributed by atoms with Crippen LogP contribution in [0.1, 0.15) is 28.4 Å². The highest BCUT2D eigenvalue weighted by atomic mass is 16.6. The Morgan fingerprint density at radius 2 is 1.69 bits per heavy atom. The van der Waals surface area contributed by atoms with Crippen molar-refractivity contribution in [1.29, 1.82) is 5.26 Å². The van der Waals surface area contributed by atoms with E-state index in [0.29, 0.717) is 29.2 Å². The van der Waals surface area contributed by atoms with Gasteiger partial charge in [0.2, 0.25) is 0 Å². The van der Waals surface area contributed by atoms with Gasteiger partial charge in [-0.05, 0) is 66.1 Å². The number of ether oxygens (including phenoxy) is 2. The summed E-state index contributed by atoms with van der Waals surface area (Å²) in [5.74, 6) is -0.450. The van der Waals surface area contributed by atoms with Crippen molar-refractivity contribution in [1.82, 2.24) is 0 Å². The fourth-order valence-corrected chi connectivity index (χ4v) is 3.74. The zero-order valence-electron chi connectivity index (χ0n) is 19.9. The maximum Gasteiger partial charge on any atom is 0.344 e. The van der Waals surface area contributed by atoms with Crippen molar-refractivity contribution >= 4 is 34.4 Å². The predicted molar refractivity (Wildman–Crippen MR) is 140 cm³/mol. The Morgan fingerprint density at radius 3 is 2.47 bits per heavy atom. The number of hydrogen-bond acceptors (Lipinski definition) is 5. The lowest BCUT2D eigenvalue weighted by Crippen LogP contribution is -2.14. The van der Waals surface area contributed by atoms with Crippen LogP contribution in [0.4, 0.5) is 5.69 Å². The van der Waals surface area contributed by atoms with E-state index in [2.05, 4.69) is 5.32 Å². The normalized spacial score (nSPS) is 11.0. The molecule has 0 aromatic heterocycles. The Labute approximate surface area is 209 Å². The number of carbonyl (C=O) groups excluding carboxylic acids is 2. The maximum absolute atomic E-state index is 13.0. The quantitative estimate of drug-likeness (QED) is 0.146. The number of esters is 1. The molecular weight excluding hydrogens is 452 g/mol. The van der Waals surface area contributed by atoms with E-state index in [1.54, 1.807) is 30.3 Å². The lowest BCUT2D eigenvalue weighted by molar-refractivity contribution is -0.112. The number of benzene rings is 4. The summed E-state index contributed by atoms with van der Waals surface area (Å²) >= 11 is 0. The van der Waals surface area contributed by atoms with Crippen LogP contribution in [0, 0.1) is 18.3 Å². The first-order chi connectivity index (χ1) is 17.5. The number of anilines is 1. The molecule has 4 aromatic rings. The molecule has 0 unspecified atom stereocenters. The molecular formula is C30H24N2O4. The van der Waals surface area contributed by atoms with Gasteiger partial charge in [0, 0.05) is 5.69 Å². The number of hydrogen-bond donors (Lipinski definition) is 1. The summed E-state index contributed by atoms with van der Waals surface area (Å²) in [6.07, 6.45) is 1.46. The Hall–Kier alpha value is -4.89. The minimum absolute atomic E-state index is 0.0683. The standard InChI is InChI=1S/C30H24N2O4/c1-3-35-28-18-21(17-23(19-31)29(33)32-26-14-7-4-9-20(26)2)15-16-27(28)36-30(34)25-13-8-11-22-10-5-6-12-24(22)25/h4-18H,3H2,1-2H3,(H,32,33)/b23-17+. The summed E-state index contributed by atoms with van der Waals surface area (Å²) in [5.41, 5.74) is 2.45. The van der Waals surface area contributed by atoms with Gasteiger partial charge in [-0.2, -0.15) is 5.26 Å². The van der Waals surface area contributed by atoms with Crippen LogP contribution in [-0.2, 0) is 4.79 Å². The van der Waals surface area contributed by atoms with Crippen molar-refractivity contribution in [3.63, 3.8) is 0 Å². The summed E-state index contributed by atoms with van der Waals surface area (Å²) in [4.78, 5) is 25.7. The molecule has 178 valence electrons. The van der Waals surface area contributed by atoms with Gasteiger partial charge >= 0.3 is 5.97 Å². The van der Waals surface area contributed by atoms with Gasteiger partial charge in [0.05, 0.1) is 12.2 Å². The van der Waals surface area contributed by atoms with E-state index >= 15 is 0 Å². The Bertz CT molecular complexity index is 1510. The molecule has 0 spiro atoms. The second-order valence-corrected chi connectivity index (χ2v) is 7.99. The molecule has 0 radical (unpaired) electrons. The first kappa shape index (κ1) is 24.2. The van der Waals surface area contributed by atoms with Crippen LogP contribution < -0.4 is 14.8 Å². The van der Waals surface area contributed by atoms with Gasteiger partial charge in [0.25, 0.3) is 5.91 Å². The van der Waals surface area contributed by atoms with E-state index in [1.807, 2.05) is 74.5 Å². The molecule has 4 aromatic carbocycles. The van der Waals surface area contributed by atoms with Crippen molar-refractivity contribution in [2.24, 2.45) is 0 Å². The lowest BCUT2D eigenvalue weighted by Gasteiger charge is -2.13. The summed E-state index contributed by atoms with van der Waals surface area (Å²) in [5, 5.41) is 14.1. The molecule has 0 aliphatic rings. The van der Waals surface area contributed by atoms with Crippen LogP contribution in [0.5, 0.6) is 11.5 Å². The van der Waals surface area contributed by atoms with Crippen molar-refractivity contribution in [3.8, 4) is 17.6 Å². The van der Waals surface area contributed by atoms with Crippen LogP contribution in [0.3, 0.4) is 0 Å². The number of nitrogens with one attached hydrogen (secondary N) is 1. The first-order valence-electron chi connectivity index (χ1n) is 11.5. The van der Waals surface area contributed by atoms with E-state index < -0.39 is 11.9 Å². The monoisotopic (exact) mass is 476 g/mol. The first-order valence-corrected chi connectivity index (χ1v) is 11.5. The Kier molecular flexibility index (Phi) is 7.42. The molecule has 0 saturated carbocycles. The number of aryl methyl sites for hydroxylation is 1. The Balaban J connectivity index is 1.59. The van der Waals surface area contributed by atoms with Crippen LogP contribution in [-0.4, -0.2) is 18.5 Å². The molecule has 0 atom stereocenters. The average Bonchev–Trinajstić information content (AvgIpc) is 2.89. The average molecular weight is 477 g/mol. The third-order valence-electron chi connectivity index (χ3n) is 5.55. The Morgan fingerprint density at radius 1 is 0.944 bits per heavy atom. The third kappa shape index (κ3) is 5.43. The number of nitriles is 1. The van der Waals surface area contributed by atoms with Gasteiger partial charge in [0.1, 0.15) is 11.6 Å². The van der Waals surface area contributed by atoms with E-state index in [0.717, 1.165) is 16.3 Å². The zero-order chi connectivity index (χ0) is 25.5. The number of rotatable bonds is 7. The summed E-state index contributed by atoms with van der Waals surface area (Å²) in [7, 11) is 0. The molecule has 6 heteroatoms. The molecule has 1 N–H and O–H groups in total. The lowest BCUT2D eigenvalue weighted by atomic mass is 10.0. The topological polar surface area (TPSA) is 88.4 Å². The predicted octanol–water partition coefficient (Wildman–Crippen LogP) is 6.31. The maximum atomic E-state index is 13.0. The largest absolute Gasteiger partial charge is 0.490 e. The molecule has 0 aliphatic heterocycles. The zero-order valence-corrected chi connectivity index (χ0v) is 19.9. The molecule has 1 amide bonds. The van der Waals surface area contributed by atoms with Gasteiger partial charge in [-0.25, -0.2) is 4.79 Å². The summed E-state index contributed by atoms with van der Waals surface area (Å²) in [6.45, 7) is 4.03. The van der Waals surface area contributed by atoms with Gasteiger partial charge in [-0.15, -0.1) is 0 Å². The fraction of sp³-hybridized carbons (Fsp3) is 0.100. The summed E-state index contributed by atoms with van der Waals surface area (Å²) < 4.78 is 11.4. The molecule has 6 nitrogen and oxygen atoms in total. The fourth-order valence-electron chi connectivity index (χ4n) is 3.74. The van der Waals surface area contributed by atoms with E-state index in [9.17, 15) is 14.9 Å². The van der Waals surface area contributed by atoms with Gasteiger partial charge in [-0.1, -0.05) is 60.7 Å². The summed E-state index contributed by atoms with van der Waals surface area (Å²) in [6, 6.07) is 27.2. The van der Waals surface area contributed by atoms with Crippen LogP contribution >= 0.6 is 0 Å². The van der Waals surface area contributed by atoms with Crippen LogP contribution in [0.2, 0.25) is 0 Å². The molecule has 0 fully saturated rings. The minimum Gasteiger partial charge on any atom is -0.490 e. The van der Waals surface area contributed by atoms with Crippen LogP contribution in [0.15, 0.2) is 90.5 Å². The van der Waals surface area contributed by atoms with Crippen molar-refractivity contribution < 1.29 is 19.1 Å². The highest BCUT2D eigenvalue weighted by molar-refractivity contribution is 6.10. The highest BCUT2D eigenvalue weighted by Gasteiger charge is 2.16.